The smallest absolute Gasteiger partial charge is 0.409 e. The summed E-state index contributed by atoms with van der Waals surface area (Å²) in [6.45, 7) is 11.0. The molecular formula is C23H31F3N2OSi. The van der Waals surface area contributed by atoms with Crippen molar-refractivity contribution in [1.82, 2.24) is 9.88 Å². The highest BCUT2D eigenvalue weighted by Gasteiger charge is 2.44. The molecule has 3 saturated heterocycles. The van der Waals surface area contributed by atoms with E-state index in [4.69, 9.17) is 4.43 Å². The molecule has 0 radical (unpaired) electrons. The first-order valence-electron chi connectivity index (χ1n) is 10.9. The van der Waals surface area contributed by atoms with E-state index in [2.05, 4.69) is 36.4 Å². The Morgan fingerprint density at radius 2 is 2.00 bits per heavy atom. The molecule has 5 atom stereocenters. The first kappa shape index (κ1) is 21.8. The zero-order chi connectivity index (χ0) is 21.7. The van der Waals surface area contributed by atoms with Crippen molar-refractivity contribution in [2.24, 2.45) is 11.8 Å². The second kappa shape index (κ2) is 7.91. The van der Waals surface area contributed by atoms with Crippen LogP contribution in [-0.2, 0) is 10.6 Å². The normalized spacial score (nSPS) is 28.1. The number of alkyl halides is 3. The second-order valence-electron chi connectivity index (χ2n) is 9.80. The average molecular weight is 437 g/mol. The van der Waals surface area contributed by atoms with Gasteiger partial charge in [-0.05, 0) is 74.6 Å². The highest BCUT2D eigenvalue weighted by Crippen LogP contribution is 2.45. The summed E-state index contributed by atoms with van der Waals surface area (Å²) >= 11 is 0. The maximum absolute atomic E-state index is 13.2. The van der Waals surface area contributed by atoms with Crippen LogP contribution in [0.25, 0.3) is 10.9 Å². The van der Waals surface area contributed by atoms with E-state index in [1.807, 2.05) is 6.07 Å². The van der Waals surface area contributed by atoms with Crippen LogP contribution in [0.1, 0.15) is 43.4 Å². The summed E-state index contributed by atoms with van der Waals surface area (Å²) in [5.74, 6) is 1.45. The van der Waals surface area contributed by atoms with Crippen LogP contribution in [0.2, 0.25) is 19.6 Å². The molecule has 7 heteroatoms. The molecule has 3 nitrogen and oxygen atoms in total. The van der Waals surface area contributed by atoms with E-state index in [1.54, 1.807) is 12.3 Å². The summed E-state index contributed by atoms with van der Waals surface area (Å²) in [5.41, 5.74) is 0.698. The minimum atomic E-state index is -4.37. The maximum atomic E-state index is 13.2. The number of benzene rings is 1. The van der Waals surface area contributed by atoms with Crippen molar-refractivity contribution in [3.8, 4) is 0 Å². The number of hydrogen-bond donors (Lipinski definition) is 0. The van der Waals surface area contributed by atoms with Gasteiger partial charge < -0.3 is 4.43 Å². The van der Waals surface area contributed by atoms with Gasteiger partial charge >= 0.3 is 6.18 Å². The number of aromatic nitrogens is 1. The number of pyridine rings is 1. The molecule has 164 valence electrons. The van der Waals surface area contributed by atoms with Gasteiger partial charge in [0.15, 0.2) is 8.32 Å². The van der Waals surface area contributed by atoms with E-state index in [0.29, 0.717) is 11.4 Å². The van der Waals surface area contributed by atoms with Gasteiger partial charge in [-0.15, -0.1) is 0 Å². The van der Waals surface area contributed by atoms with Crippen molar-refractivity contribution in [2.75, 3.05) is 13.1 Å². The fourth-order valence-electron chi connectivity index (χ4n) is 5.28. The van der Waals surface area contributed by atoms with Gasteiger partial charge in [-0.1, -0.05) is 19.4 Å². The molecule has 0 amide bonds. The summed E-state index contributed by atoms with van der Waals surface area (Å²) in [7, 11) is -1.90. The first-order valence-corrected chi connectivity index (χ1v) is 14.4. The molecule has 3 aliphatic heterocycles. The van der Waals surface area contributed by atoms with Gasteiger partial charge in [-0.2, -0.15) is 13.2 Å². The van der Waals surface area contributed by atoms with Crippen LogP contribution in [0.5, 0.6) is 0 Å². The standard InChI is InChI=1S/C23H31F3N2OSi/c1-5-15-14-28-11-9-16(15)12-21(28)22(29-30(2,3)4)19-8-10-27-20-13-17(23(24,25)26)6-7-18(19)20/h6-8,10,13,15-16,21-22H,5,9,11-12,14H2,1-4H3. The molecule has 0 spiro atoms. The third-order valence-electron chi connectivity index (χ3n) is 6.70. The summed E-state index contributed by atoms with van der Waals surface area (Å²) in [5, 5.41) is 0.767. The van der Waals surface area contributed by atoms with Gasteiger partial charge in [0.1, 0.15) is 0 Å². The Labute approximate surface area is 177 Å². The molecule has 2 aromatic rings. The molecule has 3 fully saturated rings. The number of piperidine rings is 3. The van der Waals surface area contributed by atoms with Crippen LogP contribution < -0.4 is 0 Å². The second-order valence-corrected chi connectivity index (χ2v) is 14.3. The Morgan fingerprint density at radius 1 is 1.23 bits per heavy atom. The maximum Gasteiger partial charge on any atom is 0.416 e. The van der Waals surface area contributed by atoms with E-state index in [9.17, 15) is 13.2 Å². The Morgan fingerprint density at radius 3 is 2.60 bits per heavy atom. The molecule has 5 unspecified atom stereocenters. The fourth-order valence-corrected chi connectivity index (χ4v) is 6.33. The molecule has 0 aliphatic carbocycles. The van der Waals surface area contributed by atoms with Gasteiger partial charge in [0.2, 0.25) is 0 Å². The van der Waals surface area contributed by atoms with E-state index >= 15 is 0 Å². The van der Waals surface area contributed by atoms with Crippen molar-refractivity contribution in [1.29, 1.82) is 0 Å². The monoisotopic (exact) mass is 436 g/mol. The van der Waals surface area contributed by atoms with Crippen molar-refractivity contribution in [3.63, 3.8) is 0 Å². The molecule has 4 heterocycles. The Kier molecular flexibility index (Phi) is 5.74. The Balaban J connectivity index is 1.76. The van der Waals surface area contributed by atoms with Crippen LogP contribution in [0.15, 0.2) is 30.5 Å². The third-order valence-corrected chi connectivity index (χ3v) is 7.66. The predicted octanol–water partition coefficient (Wildman–Crippen LogP) is 6.27. The minimum Gasteiger partial charge on any atom is -0.409 e. The van der Waals surface area contributed by atoms with Crippen LogP contribution in [-0.4, -0.2) is 37.3 Å². The predicted molar refractivity (Wildman–Crippen MR) is 116 cm³/mol. The molecule has 3 aliphatic rings. The van der Waals surface area contributed by atoms with Gasteiger partial charge in [-0.25, -0.2) is 0 Å². The number of hydrogen-bond acceptors (Lipinski definition) is 3. The van der Waals surface area contributed by atoms with Crippen molar-refractivity contribution >= 4 is 19.2 Å². The number of halogens is 3. The highest BCUT2D eigenvalue weighted by molar-refractivity contribution is 6.69. The van der Waals surface area contributed by atoms with Gasteiger partial charge in [0.25, 0.3) is 0 Å². The molecular weight excluding hydrogens is 405 g/mol. The Hall–Kier alpha value is -1.44. The lowest BCUT2D eigenvalue weighted by Crippen LogP contribution is -2.56. The number of fused-ring (bicyclic) bond motifs is 4. The topological polar surface area (TPSA) is 25.4 Å². The lowest BCUT2D eigenvalue weighted by atomic mass is 9.72. The summed E-state index contributed by atoms with van der Waals surface area (Å²) in [4.78, 5) is 6.82. The highest BCUT2D eigenvalue weighted by atomic mass is 28.4. The molecule has 5 rings (SSSR count). The Bertz CT molecular complexity index is 911. The summed E-state index contributed by atoms with van der Waals surface area (Å²) in [6.07, 6.45) is 0.650. The first-order chi connectivity index (χ1) is 14.1. The van der Waals surface area contributed by atoms with Gasteiger partial charge in [-0.3, -0.25) is 9.88 Å². The number of nitrogens with zero attached hydrogens (tertiary/aromatic N) is 2. The van der Waals surface area contributed by atoms with Gasteiger partial charge in [0.05, 0.1) is 17.2 Å². The van der Waals surface area contributed by atoms with Crippen LogP contribution in [0.3, 0.4) is 0 Å². The van der Waals surface area contributed by atoms with E-state index < -0.39 is 20.1 Å². The van der Waals surface area contributed by atoms with Crippen molar-refractivity contribution < 1.29 is 17.6 Å². The van der Waals surface area contributed by atoms with Crippen LogP contribution >= 0.6 is 0 Å². The molecule has 1 aromatic heterocycles. The minimum absolute atomic E-state index is 0.139. The molecule has 1 aromatic carbocycles. The lowest BCUT2D eigenvalue weighted by molar-refractivity contribution is -0.137. The fraction of sp³-hybridized carbons (Fsp3) is 0.609. The van der Waals surface area contributed by atoms with Crippen molar-refractivity contribution in [2.45, 2.75) is 64.1 Å². The summed E-state index contributed by atoms with van der Waals surface area (Å²) < 4.78 is 46.4. The molecule has 0 N–H and O–H groups in total. The average Bonchev–Trinajstić information content (AvgIpc) is 2.70. The SMILES string of the molecule is CCC1CN2CCC1CC2C(O[Si](C)(C)C)c1ccnc2cc(C(F)(F)F)ccc12. The lowest BCUT2D eigenvalue weighted by Gasteiger charge is -2.52. The van der Waals surface area contributed by atoms with E-state index in [-0.39, 0.29) is 12.1 Å². The third kappa shape index (κ3) is 4.29. The number of rotatable bonds is 5. The largest absolute Gasteiger partial charge is 0.416 e. The van der Waals surface area contributed by atoms with Crippen LogP contribution in [0.4, 0.5) is 13.2 Å². The molecule has 30 heavy (non-hydrogen) atoms. The van der Waals surface area contributed by atoms with E-state index in [1.165, 1.54) is 18.9 Å². The summed E-state index contributed by atoms with van der Waals surface area (Å²) in [6, 6.07) is 6.11. The van der Waals surface area contributed by atoms with Gasteiger partial charge in [0, 0.05) is 24.2 Å². The zero-order valence-electron chi connectivity index (χ0n) is 18.2. The quantitative estimate of drug-likeness (QED) is 0.517. The van der Waals surface area contributed by atoms with Crippen molar-refractivity contribution in [3.05, 3.63) is 41.6 Å². The zero-order valence-corrected chi connectivity index (χ0v) is 19.2. The molecule has 2 bridgehead atoms. The van der Waals surface area contributed by atoms with E-state index in [0.717, 1.165) is 42.4 Å². The molecule has 0 saturated carbocycles. The van der Waals surface area contributed by atoms with Crippen LogP contribution in [0, 0.1) is 11.8 Å².